The first kappa shape index (κ1) is 16.1. The molecule has 0 unspecified atom stereocenters. The molecule has 0 spiro atoms. The standard InChI is InChI=1S/C8H4F6.C6H6/c9-7(10,11)5-2-1-3-6(4-5)8(12,13)14;1-2-4-6-5-3-1/h1-4H;1-6H. The smallest absolute Gasteiger partial charge is 0.166 e. The van der Waals surface area contributed by atoms with E-state index in [9.17, 15) is 26.3 Å². The quantitative estimate of drug-likeness (QED) is 0.569. The highest BCUT2D eigenvalue weighted by molar-refractivity contribution is 5.27. The van der Waals surface area contributed by atoms with Gasteiger partial charge in [0.25, 0.3) is 0 Å². The van der Waals surface area contributed by atoms with Crippen LogP contribution in [-0.2, 0) is 12.4 Å². The molecule has 0 atom stereocenters. The van der Waals surface area contributed by atoms with Crippen LogP contribution in [0.3, 0.4) is 0 Å². The molecule has 6 heteroatoms. The second-order valence-corrected chi connectivity index (χ2v) is 3.73. The van der Waals surface area contributed by atoms with Gasteiger partial charge in [0.2, 0.25) is 0 Å². The summed E-state index contributed by atoms with van der Waals surface area (Å²) in [6.07, 6.45) is -9.50. The molecule has 0 aromatic heterocycles. The molecule has 2 aromatic rings. The highest BCUT2D eigenvalue weighted by Crippen LogP contribution is 2.34. The van der Waals surface area contributed by atoms with Crippen molar-refractivity contribution in [3.8, 4) is 0 Å². The van der Waals surface area contributed by atoms with Crippen LogP contribution >= 0.6 is 0 Å². The zero-order valence-corrected chi connectivity index (χ0v) is 10.0. The SMILES string of the molecule is FC(F)(F)c1cccc(C(F)(F)F)c1.c1ccccc1. The normalized spacial score (nSPS) is 11.5. The van der Waals surface area contributed by atoms with Gasteiger partial charge in [-0.1, -0.05) is 42.5 Å². The fraction of sp³-hybridized carbons (Fsp3) is 0.143. The Balaban J connectivity index is 0.000000276. The van der Waals surface area contributed by atoms with E-state index >= 15 is 0 Å². The van der Waals surface area contributed by atoms with Gasteiger partial charge in [-0.25, -0.2) is 0 Å². The third-order valence-corrected chi connectivity index (χ3v) is 2.18. The van der Waals surface area contributed by atoms with E-state index in [1.54, 1.807) is 0 Å². The molecule has 0 aliphatic carbocycles. The molecule has 0 radical (unpaired) electrons. The largest absolute Gasteiger partial charge is 0.416 e. The zero-order valence-electron chi connectivity index (χ0n) is 10.0. The fourth-order valence-corrected chi connectivity index (χ4v) is 1.26. The summed E-state index contributed by atoms with van der Waals surface area (Å²) in [5.41, 5.74) is -2.60. The molecule has 2 rings (SSSR count). The van der Waals surface area contributed by atoms with Crippen molar-refractivity contribution in [3.63, 3.8) is 0 Å². The second-order valence-electron chi connectivity index (χ2n) is 3.73. The molecule has 20 heavy (non-hydrogen) atoms. The monoisotopic (exact) mass is 292 g/mol. The Morgan fingerprint density at radius 1 is 0.500 bits per heavy atom. The molecule has 0 saturated heterocycles. The van der Waals surface area contributed by atoms with Crippen LogP contribution in [0.2, 0.25) is 0 Å². The topological polar surface area (TPSA) is 0 Å². The van der Waals surface area contributed by atoms with Crippen molar-refractivity contribution in [2.24, 2.45) is 0 Å². The summed E-state index contributed by atoms with van der Waals surface area (Å²) < 4.78 is 71.9. The number of halogens is 6. The molecule has 0 aliphatic rings. The van der Waals surface area contributed by atoms with Gasteiger partial charge < -0.3 is 0 Å². The first-order valence-electron chi connectivity index (χ1n) is 5.46. The van der Waals surface area contributed by atoms with E-state index in [-0.39, 0.29) is 6.07 Å². The number of hydrogen-bond acceptors (Lipinski definition) is 0. The molecule has 0 aliphatic heterocycles. The van der Waals surface area contributed by atoms with Crippen molar-refractivity contribution in [2.75, 3.05) is 0 Å². The lowest BCUT2D eigenvalue weighted by molar-refractivity contribution is -0.143. The zero-order chi connectivity index (χ0) is 15.2. The lowest BCUT2D eigenvalue weighted by atomic mass is 10.1. The van der Waals surface area contributed by atoms with Gasteiger partial charge in [0, 0.05) is 0 Å². The molecule has 0 heterocycles. The van der Waals surface area contributed by atoms with Crippen LogP contribution in [0.4, 0.5) is 26.3 Å². The van der Waals surface area contributed by atoms with E-state index in [1.807, 2.05) is 36.4 Å². The van der Waals surface area contributed by atoms with E-state index in [0.29, 0.717) is 12.1 Å². The second kappa shape index (κ2) is 6.45. The Bertz CT molecular complexity index is 457. The average molecular weight is 292 g/mol. The summed E-state index contributed by atoms with van der Waals surface area (Å²) in [6.45, 7) is 0. The number of benzene rings is 2. The molecular formula is C14H10F6. The van der Waals surface area contributed by atoms with Crippen molar-refractivity contribution in [1.82, 2.24) is 0 Å². The summed E-state index contributed by atoms with van der Waals surface area (Å²) in [6, 6.07) is 14.0. The Hall–Kier alpha value is -1.98. The maximum atomic E-state index is 12.0. The minimum absolute atomic E-state index is 0.0833. The van der Waals surface area contributed by atoms with Crippen LogP contribution in [0.1, 0.15) is 11.1 Å². The highest BCUT2D eigenvalue weighted by Gasteiger charge is 2.35. The van der Waals surface area contributed by atoms with Gasteiger partial charge in [-0.2, -0.15) is 26.3 Å². The molecule has 0 nitrogen and oxygen atoms in total. The summed E-state index contributed by atoms with van der Waals surface area (Å²) in [5.74, 6) is 0. The van der Waals surface area contributed by atoms with Gasteiger partial charge in [-0.15, -0.1) is 0 Å². The van der Waals surface area contributed by atoms with Gasteiger partial charge in [0.1, 0.15) is 0 Å². The van der Waals surface area contributed by atoms with Crippen molar-refractivity contribution < 1.29 is 26.3 Å². The van der Waals surface area contributed by atoms with E-state index in [2.05, 4.69) is 0 Å². The maximum absolute atomic E-state index is 12.0. The van der Waals surface area contributed by atoms with Crippen molar-refractivity contribution in [3.05, 3.63) is 71.8 Å². The van der Waals surface area contributed by atoms with Gasteiger partial charge in [-0.3, -0.25) is 0 Å². The lowest BCUT2D eigenvalue weighted by Crippen LogP contribution is -2.09. The van der Waals surface area contributed by atoms with Gasteiger partial charge >= 0.3 is 12.4 Å². The van der Waals surface area contributed by atoms with Crippen LogP contribution in [0.5, 0.6) is 0 Å². The number of alkyl halides is 6. The minimum atomic E-state index is -4.75. The van der Waals surface area contributed by atoms with E-state index in [4.69, 9.17) is 0 Å². The van der Waals surface area contributed by atoms with Crippen molar-refractivity contribution in [1.29, 1.82) is 0 Å². The molecule has 0 saturated carbocycles. The highest BCUT2D eigenvalue weighted by atomic mass is 19.4. The summed E-state index contributed by atoms with van der Waals surface area (Å²) in [5, 5.41) is 0. The number of rotatable bonds is 0. The van der Waals surface area contributed by atoms with Crippen LogP contribution in [0.25, 0.3) is 0 Å². The Morgan fingerprint density at radius 3 is 1.05 bits per heavy atom. The molecule has 108 valence electrons. The molecule has 2 aromatic carbocycles. The summed E-state index contributed by atoms with van der Waals surface area (Å²) in [4.78, 5) is 0. The first-order chi connectivity index (χ1) is 9.21. The Morgan fingerprint density at radius 2 is 0.800 bits per heavy atom. The lowest BCUT2D eigenvalue weighted by Gasteiger charge is -2.10. The van der Waals surface area contributed by atoms with Gasteiger partial charge in [0.05, 0.1) is 11.1 Å². The van der Waals surface area contributed by atoms with Gasteiger partial charge in [-0.05, 0) is 18.2 Å². The molecular weight excluding hydrogens is 282 g/mol. The van der Waals surface area contributed by atoms with Crippen molar-refractivity contribution >= 4 is 0 Å². The molecule has 0 bridgehead atoms. The van der Waals surface area contributed by atoms with E-state index < -0.39 is 23.5 Å². The number of hydrogen-bond donors (Lipinski definition) is 0. The summed E-state index contributed by atoms with van der Waals surface area (Å²) in [7, 11) is 0. The third-order valence-electron chi connectivity index (χ3n) is 2.18. The van der Waals surface area contributed by atoms with E-state index in [0.717, 1.165) is 6.07 Å². The minimum Gasteiger partial charge on any atom is -0.166 e. The average Bonchev–Trinajstić information content (AvgIpc) is 2.40. The third kappa shape index (κ3) is 5.34. The predicted octanol–water partition coefficient (Wildman–Crippen LogP) is 5.41. The van der Waals surface area contributed by atoms with Crippen LogP contribution < -0.4 is 0 Å². The summed E-state index contributed by atoms with van der Waals surface area (Å²) >= 11 is 0. The van der Waals surface area contributed by atoms with Crippen LogP contribution in [0, 0.1) is 0 Å². The Labute approximate surface area is 111 Å². The Kier molecular flexibility index (Phi) is 5.19. The van der Waals surface area contributed by atoms with E-state index in [1.165, 1.54) is 0 Å². The predicted molar refractivity (Wildman–Crippen MR) is 62.9 cm³/mol. The first-order valence-corrected chi connectivity index (χ1v) is 5.46. The van der Waals surface area contributed by atoms with Crippen molar-refractivity contribution in [2.45, 2.75) is 12.4 Å². The van der Waals surface area contributed by atoms with Crippen LogP contribution in [0.15, 0.2) is 60.7 Å². The molecule has 0 fully saturated rings. The van der Waals surface area contributed by atoms with Gasteiger partial charge in [0.15, 0.2) is 0 Å². The maximum Gasteiger partial charge on any atom is 0.416 e. The molecule has 0 amide bonds. The molecule has 0 N–H and O–H groups in total. The fourth-order valence-electron chi connectivity index (χ4n) is 1.26. The van der Waals surface area contributed by atoms with Crippen LogP contribution in [-0.4, -0.2) is 0 Å².